The number of aryl methyl sites for hydroxylation is 1. The smallest absolute Gasteiger partial charge is 0.423 e. The predicted molar refractivity (Wildman–Crippen MR) is 109 cm³/mol. The maximum atomic E-state index is 9.89. The number of hydrogen-bond donors (Lipinski definition) is 3. The molecule has 3 N–H and O–H groups in total. The zero-order valence-electron chi connectivity index (χ0n) is 15.6. The normalized spacial score (nSPS) is 21.1. The molecule has 2 heterocycles. The number of nitriles is 1. The van der Waals surface area contributed by atoms with Gasteiger partial charge < -0.3 is 20.3 Å². The zero-order valence-corrected chi connectivity index (χ0v) is 16.3. The summed E-state index contributed by atoms with van der Waals surface area (Å²) in [6.45, 7) is 2.31. The first kappa shape index (κ1) is 19.0. The first-order chi connectivity index (χ1) is 13.5. The highest BCUT2D eigenvalue weighted by Crippen LogP contribution is 2.29. The fourth-order valence-corrected chi connectivity index (χ4v) is 4.11. The number of rotatable bonds is 4. The Kier molecular flexibility index (Phi) is 5.40. The molecule has 1 aliphatic heterocycles. The van der Waals surface area contributed by atoms with E-state index in [1.54, 1.807) is 6.20 Å². The van der Waals surface area contributed by atoms with Crippen LogP contribution in [0.5, 0.6) is 0 Å². The van der Waals surface area contributed by atoms with Crippen molar-refractivity contribution < 1.29 is 9.68 Å². The molecule has 9 heteroatoms. The molecule has 1 aromatic heterocycles. The topological polar surface area (TPSA) is 103 Å². The summed E-state index contributed by atoms with van der Waals surface area (Å²) < 4.78 is 5.29. The second kappa shape index (κ2) is 7.96. The minimum absolute atomic E-state index is 0.0398. The highest BCUT2D eigenvalue weighted by molar-refractivity contribution is 6.62. The SMILES string of the molecule is Cc1cc(Nc2ncc(Cl)c(N[C@@H]3CCCC[C@H]3C#N)n2)cc2c1B(O)OC2. The van der Waals surface area contributed by atoms with Crippen LogP contribution in [0.25, 0.3) is 0 Å². The Balaban J connectivity index is 1.55. The quantitative estimate of drug-likeness (QED) is 0.682. The molecule has 0 bridgehead atoms. The van der Waals surface area contributed by atoms with E-state index >= 15 is 0 Å². The largest absolute Gasteiger partial charge is 0.492 e. The molecule has 4 rings (SSSR count). The van der Waals surface area contributed by atoms with Gasteiger partial charge in [-0.3, -0.25) is 0 Å². The molecule has 144 valence electrons. The van der Waals surface area contributed by atoms with Crippen molar-refractivity contribution in [2.75, 3.05) is 10.6 Å². The van der Waals surface area contributed by atoms with E-state index in [0.29, 0.717) is 23.4 Å². The molecule has 2 aromatic rings. The number of fused-ring (bicyclic) bond motifs is 1. The Morgan fingerprint density at radius 2 is 2.18 bits per heavy atom. The second-order valence-corrected chi connectivity index (χ2v) is 7.72. The van der Waals surface area contributed by atoms with E-state index in [0.717, 1.165) is 48.0 Å². The Bertz CT molecular complexity index is 935. The monoisotopic (exact) mass is 397 g/mol. The van der Waals surface area contributed by atoms with Crippen molar-refractivity contribution in [2.24, 2.45) is 5.92 Å². The molecule has 1 saturated carbocycles. The summed E-state index contributed by atoms with van der Waals surface area (Å²) in [6.07, 6.45) is 5.54. The molecule has 0 radical (unpaired) electrons. The molecule has 0 amide bonds. The predicted octanol–water partition coefficient (Wildman–Crippen LogP) is 2.89. The van der Waals surface area contributed by atoms with E-state index < -0.39 is 7.12 Å². The van der Waals surface area contributed by atoms with Gasteiger partial charge in [0.2, 0.25) is 5.95 Å². The Morgan fingerprint density at radius 1 is 1.36 bits per heavy atom. The molecule has 1 aliphatic carbocycles. The average molecular weight is 398 g/mol. The number of nitrogens with zero attached hydrogens (tertiary/aromatic N) is 3. The maximum absolute atomic E-state index is 9.89. The molecule has 0 unspecified atom stereocenters. The van der Waals surface area contributed by atoms with Crippen LogP contribution >= 0.6 is 11.6 Å². The molecule has 2 atom stereocenters. The zero-order chi connectivity index (χ0) is 19.7. The van der Waals surface area contributed by atoms with E-state index in [-0.39, 0.29) is 12.0 Å². The van der Waals surface area contributed by atoms with E-state index in [1.165, 1.54) is 0 Å². The van der Waals surface area contributed by atoms with Crippen LogP contribution in [0.15, 0.2) is 18.3 Å². The van der Waals surface area contributed by atoms with Crippen LogP contribution in [0.3, 0.4) is 0 Å². The lowest BCUT2D eigenvalue weighted by molar-refractivity contribution is 0.275. The van der Waals surface area contributed by atoms with Crippen molar-refractivity contribution in [3.63, 3.8) is 0 Å². The van der Waals surface area contributed by atoms with E-state index in [2.05, 4.69) is 26.7 Å². The van der Waals surface area contributed by atoms with Gasteiger partial charge in [-0.1, -0.05) is 24.4 Å². The standard InChI is InChI=1S/C19H21BClN5O2/c1-11-6-14(7-13-10-28-20(27)17(11)13)24-19-23-9-15(21)18(26-19)25-16-5-3-2-4-12(16)8-22/h6-7,9,12,16,27H,2-5,10H2,1H3,(H2,23,24,25,26)/t12-,16+/m0/s1. The average Bonchev–Trinajstić information content (AvgIpc) is 3.06. The lowest BCUT2D eigenvalue weighted by Crippen LogP contribution is -2.31. The number of anilines is 3. The lowest BCUT2D eigenvalue weighted by atomic mass is 9.76. The van der Waals surface area contributed by atoms with Crippen LogP contribution in [0.2, 0.25) is 5.02 Å². The summed E-state index contributed by atoms with van der Waals surface area (Å²) in [4.78, 5) is 8.78. The highest BCUT2D eigenvalue weighted by atomic mass is 35.5. The van der Waals surface area contributed by atoms with Crippen molar-refractivity contribution in [3.05, 3.63) is 34.5 Å². The van der Waals surface area contributed by atoms with Crippen molar-refractivity contribution in [1.82, 2.24) is 9.97 Å². The first-order valence-electron chi connectivity index (χ1n) is 9.44. The van der Waals surface area contributed by atoms with Gasteiger partial charge >= 0.3 is 7.12 Å². The van der Waals surface area contributed by atoms with Gasteiger partial charge in [-0.15, -0.1) is 0 Å². The van der Waals surface area contributed by atoms with Crippen LogP contribution in [0, 0.1) is 24.2 Å². The number of nitrogens with one attached hydrogen (secondary N) is 2. The number of benzene rings is 1. The highest BCUT2D eigenvalue weighted by Gasteiger charge is 2.29. The second-order valence-electron chi connectivity index (χ2n) is 7.32. The molecular formula is C19H21BClN5O2. The van der Waals surface area contributed by atoms with Crippen LogP contribution in [0.4, 0.5) is 17.5 Å². The third kappa shape index (κ3) is 3.79. The number of hydrogen-bond acceptors (Lipinski definition) is 7. The molecule has 7 nitrogen and oxygen atoms in total. The van der Waals surface area contributed by atoms with Crippen LogP contribution in [0.1, 0.15) is 36.8 Å². The Morgan fingerprint density at radius 3 is 3.00 bits per heavy atom. The molecule has 28 heavy (non-hydrogen) atoms. The maximum Gasteiger partial charge on any atom is 0.492 e. The van der Waals surface area contributed by atoms with E-state index in [9.17, 15) is 10.3 Å². The molecule has 1 fully saturated rings. The van der Waals surface area contributed by atoms with E-state index in [1.807, 2.05) is 19.1 Å². The number of halogens is 1. The van der Waals surface area contributed by atoms with Gasteiger partial charge in [0.25, 0.3) is 0 Å². The molecular weight excluding hydrogens is 377 g/mol. The Hall–Kier alpha value is -2.34. The van der Waals surface area contributed by atoms with Crippen molar-refractivity contribution in [3.8, 4) is 6.07 Å². The lowest BCUT2D eigenvalue weighted by Gasteiger charge is -2.28. The van der Waals surface area contributed by atoms with Gasteiger partial charge in [-0.2, -0.15) is 10.2 Å². The summed E-state index contributed by atoms with van der Waals surface area (Å²) in [5.74, 6) is 0.903. The molecule has 0 saturated heterocycles. The Labute approximate surface area is 169 Å². The third-order valence-electron chi connectivity index (χ3n) is 5.37. The van der Waals surface area contributed by atoms with Gasteiger partial charge in [0.05, 0.1) is 24.8 Å². The summed E-state index contributed by atoms with van der Waals surface area (Å²) in [6, 6.07) is 6.28. The first-order valence-corrected chi connectivity index (χ1v) is 9.81. The summed E-state index contributed by atoms with van der Waals surface area (Å²) >= 11 is 6.28. The summed E-state index contributed by atoms with van der Waals surface area (Å²) in [5.41, 5.74) is 3.53. The van der Waals surface area contributed by atoms with Crippen molar-refractivity contribution in [2.45, 2.75) is 45.3 Å². The third-order valence-corrected chi connectivity index (χ3v) is 5.65. The van der Waals surface area contributed by atoms with Gasteiger partial charge in [0.1, 0.15) is 5.02 Å². The van der Waals surface area contributed by atoms with Gasteiger partial charge in [0.15, 0.2) is 5.82 Å². The van der Waals surface area contributed by atoms with Crippen molar-refractivity contribution >= 4 is 41.6 Å². The minimum atomic E-state index is -0.866. The summed E-state index contributed by atoms with van der Waals surface area (Å²) in [5, 5.41) is 26.2. The molecule has 0 spiro atoms. The van der Waals surface area contributed by atoms with Gasteiger partial charge in [-0.05, 0) is 48.5 Å². The molecule has 1 aromatic carbocycles. The van der Waals surface area contributed by atoms with Crippen molar-refractivity contribution in [1.29, 1.82) is 5.26 Å². The van der Waals surface area contributed by atoms with Crippen LogP contribution in [-0.2, 0) is 11.3 Å². The summed E-state index contributed by atoms with van der Waals surface area (Å²) in [7, 11) is -0.866. The number of aromatic nitrogens is 2. The fraction of sp³-hybridized carbons (Fsp3) is 0.421. The minimum Gasteiger partial charge on any atom is -0.423 e. The van der Waals surface area contributed by atoms with Gasteiger partial charge in [-0.25, -0.2) is 4.98 Å². The fourth-order valence-electron chi connectivity index (χ4n) is 3.96. The van der Waals surface area contributed by atoms with E-state index in [4.69, 9.17) is 16.3 Å². The van der Waals surface area contributed by atoms with Crippen LogP contribution in [-0.4, -0.2) is 28.2 Å². The molecule has 2 aliphatic rings. The van der Waals surface area contributed by atoms with Crippen LogP contribution < -0.4 is 16.1 Å². The van der Waals surface area contributed by atoms with Gasteiger partial charge in [0, 0.05) is 11.7 Å².